The molecule has 370 valence electrons. The first-order chi connectivity index (χ1) is 34.2. The fourth-order valence-electron chi connectivity index (χ4n) is 6.22. The molecule has 0 atom stereocenters. The number of aryl methyl sites for hydroxylation is 2. The zero-order valence-corrected chi connectivity index (χ0v) is 46.6. The fourth-order valence-corrected chi connectivity index (χ4v) is 6.22. The van der Waals surface area contributed by atoms with Crippen molar-refractivity contribution in [3.05, 3.63) is 242 Å². The van der Waals surface area contributed by atoms with Gasteiger partial charge in [0.15, 0.2) is 0 Å². The summed E-state index contributed by atoms with van der Waals surface area (Å²) in [7, 11) is 0. The van der Waals surface area contributed by atoms with Gasteiger partial charge >= 0.3 is 0 Å². The predicted molar refractivity (Wildman–Crippen MR) is 325 cm³/mol. The molecule has 0 radical (unpaired) electrons. The molecule has 0 aliphatic carbocycles. The van der Waals surface area contributed by atoms with Crippen LogP contribution in [0.15, 0.2) is 231 Å². The molecule has 0 fully saturated rings. The maximum Gasteiger partial charge on any atom is -0.0105 e. The Kier molecular flexibility index (Phi) is 46.4. The van der Waals surface area contributed by atoms with E-state index >= 15 is 0 Å². The standard InChI is InChI=1S/2C14H10.C10H8.C8H10.C7H8.8C2H6/c1-3-7-13-11(5-1)9-10-12-6-2-4-8-14(12)13;1-2-6-12-10-14-8-4-3-7-13(14)9-11(12)5-1;1-2-6-10-8-4-3-7-9(10)5-1;1-2-8-6-4-3-5-7-8;1-7-5-3-2-4-6-7;8*1-2/h2*1-10H;1-8H;3-7H,2H2,1H3;2-6H,1H3;8*1-2H3. The summed E-state index contributed by atoms with van der Waals surface area (Å²) < 4.78 is 0. The number of hydrogen-bond acceptors (Lipinski definition) is 0. The molecule has 10 aromatic carbocycles. The van der Waals surface area contributed by atoms with Gasteiger partial charge in [0, 0.05) is 0 Å². The predicted octanol–water partition coefficient (Wildman–Crippen LogP) is 23.3. The van der Waals surface area contributed by atoms with Gasteiger partial charge in [-0.2, -0.15) is 0 Å². The first-order valence-electron chi connectivity index (χ1n) is 26.4. The van der Waals surface area contributed by atoms with Gasteiger partial charge in [-0.25, -0.2) is 0 Å². The van der Waals surface area contributed by atoms with Crippen molar-refractivity contribution in [1.29, 1.82) is 0 Å². The third-order valence-corrected chi connectivity index (χ3v) is 9.12. The van der Waals surface area contributed by atoms with E-state index in [0.717, 1.165) is 6.42 Å². The van der Waals surface area contributed by atoms with Crippen LogP contribution in [0.4, 0.5) is 0 Å². The van der Waals surface area contributed by atoms with Crippen LogP contribution in [0, 0.1) is 6.92 Å². The Morgan fingerprint density at radius 3 is 0.667 bits per heavy atom. The number of fused-ring (bicyclic) bond motifs is 6. The summed E-state index contributed by atoms with van der Waals surface area (Å²) in [5.41, 5.74) is 2.73. The summed E-state index contributed by atoms with van der Waals surface area (Å²) in [6.45, 7) is 36.2. The van der Waals surface area contributed by atoms with Crippen LogP contribution in [0.1, 0.15) is 129 Å². The van der Waals surface area contributed by atoms with E-state index in [1.54, 1.807) is 0 Å². The van der Waals surface area contributed by atoms with Crippen LogP contribution >= 0.6 is 0 Å². The maximum absolute atomic E-state index is 2.24. The fraction of sp³-hybridized carbons (Fsp3) is 0.275. The van der Waals surface area contributed by atoms with Gasteiger partial charge in [-0.05, 0) is 84.9 Å². The molecule has 0 saturated heterocycles. The number of rotatable bonds is 1. The van der Waals surface area contributed by atoms with Crippen LogP contribution in [-0.2, 0) is 6.42 Å². The van der Waals surface area contributed by atoms with Crippen LogP contribution in [-0.4, -0.2) is 0 Å². The monoisotopic (exact) mass is 923 g/mol. The molecule has 0 saturated carbocycles. The summed E-state index contributed by atoms with van der Waals surface area (Å²) >= 11 is 0. The summed E-state index contributed by atoms with van der Waals surface area (Å²) in [5.74, 6) is 0. The molecule has 0 heterocycles. The molecule has 0 aliphatic rings. The van der Waals surface area contributed by atoms with E-state index in [0.29, 0.717) is 0 Å². The van der Waals surface area contributed by atoms with Crippen LogP contribution in [0.2, 0.25) is 0 Å². The molecule has 10 aromatic rings. The van der Waals surface area contributed by atoms with Crippen molar-refractivity contribution >= 4 is 53.9 Å². The lowest BCUT2D eigenvalue weighted by molar-refractivity contribution is 1.14. The minimum absolute atomic E-state index is 1.14. The van der Waals surface area contributed by atoms with Crippen LogP contribution in [0.5, 0.6) is 0 Å². The van der Waals surface area contributed by atoms with E-state index in [-0.39, 0.29) is 0 Å². The van der Waals surface area contributed by atoms with Crippen LogP contribution in [0.3, 0.4) is 0 Å². The van der Waals surface area contributed by atoms with Gasteiger partial charge in [0.25, 0.3) is 0 Å². The van der Waals surface area contributed by atoms with Crippen molar-refractivity contribution in [2.24, 2.45) is 0 Å². The lowest BCUT2D eigenvalue weighted by Crippen LogP contribution is -1.75. The molecule has 10 rings (SSSR count). The molecule has 0 unspecified atom stereocenters. The quantitative estimate of drug-likeness (QED) is 0.114. The molecular weight excluding hydrogens is 829 g/mol. The third-order valence-electron chi connectivity index (χ3n) is 9.12. The average Bonchev–Trinajstić information content (AvgIpc) is 3.48. The second-order valence-corrected chi connectivity index (χ2v) is 12.9. The van der Waals surface area contributed by atoms with E-state index in [4.69, 9.17) is 0 Å². The molecule has 0 amide bonds. The van der Waals surface area contributed by atoms with Crippen molar-refractivity contribution in [2.75, 3.05) is 0 Å². The summed E-state index contributed by atoms with van der Waals surface area (Å²) in [5, 5.41) is 13.2. The topological polar surface area (TPSA) is 0 Å². The normalized spacial score (nSPS) is 8.49. The summed E-state index contributed by atoms with van der Waals surface area (Å²) in [6.07, 6.45) is 1.14. The largest absolute Gasteiger partial charge is 0.0683 e. The van der Waals surface area contributed by atoms with E-state index < -0.39 is 0 Å². The highest BCUT2D eigenvalue weighted by molar-refractivity contribution is 6.07. The van der Waals surface area contributed by atoms with Crippen molar-refractivity contribution in [3.8, 4) is 0 Å². The number of hydrogen-bond donors (Lipinski definition) is 0. The van der Waals surface area contributed by atoms with Crippen molar-refractivity contribution in [1.82, 2.24) is 0 Å². The lowest BCUT2D eigenvalue weighted by Gasteiger charge is -2.02. The Bertz CT molecular complexity index is 2360. The molecule has 0 aromatic heterocycles. The van der Waals surface area contributed by atoms with Gasteiger partial charge in [-0.3, -0.25) is 0 Å². The molecule has 0 heteroatoms. The molecule has 0 N–H and O–H groups in total. The van der Waals surface area contributed by atoms with E-state index in [2.05, 4.69) is 220 Å². The molecular formula is C69H94. The zero-order valence-electron chi connectivity index (χ0n) is 46.6. The van der Waals surface area contributed by atoms with Crippen molar-refractivity contribution in [2.45, 2.75) is 131 Å². The zero-order chi connectivity index (χ0) is 52.5. The molecule has 0 nitrogen and oxygen atoms in total. The average molecular weight is 924 g/mol. The van der Waals surface area contributed by atoms with Crippen molar-refractivity contribution in [3.63, 3.8) is 0 Å². The van der Waals surface area contributed by atoms with Gasteiger partial charge in [0.1, 0.15) is 0 Å². The summed E-state index contributed by atoms with van der Waals surface area (Å²) in [6, 6.07) is 80.2. The SMILES string of the molecule is CC.CC.CC.CC.CC.CC.CC.CC.CCc1ccccc1.Cc1ccccc1.c1ccc2c(c1)ccc1ccccc12.c1ccc2cc3ccccc3cc2c1.c1ccc2ccccc2c1. The molecule has 0 spiro atoms. The maximum atomic E-state index is 2.24. The Morgan fingerprint density at radius 2 is 0.435 bits per heavy atom. The van der Waals surface area contributed by atoms with Crippen molar-refractivity contribution < 1.29 is 0 Å². The van der Waals surface area contributed by atoms with Gasteiger partial charge in [-0.1, -0.05) is 342 Å². The lowest BCUT2D eigenvalue weighted by atomic mass is 10.0. The van der Waals surface area contributed by atoms with Gasteiger partial charge < -0.3 is 0 Å². The third kappa shape index (κ3) is 26.6. The summed E-state index contributed by atoms with van der Waals surface area (Å²) in [4.78, 5) is 0. The highest BCUT2D eigenvalue weighted by atomic mass is 14.0. The van der Waals surface area contributed by atoms with Crippen LogP contribution in [0.25, 0.3) is 53.9 Å². The molecule has 0 aliphatic heterocycles. The number of benzene rings is 10. The Hall–Kier alpha value is -6.50. The van der Waals surface area contributed by atoms with Gasteiger partial charge in [0.05, 0.1) is 0 Å². The highest BCUT2D eigenvalue weighted by Gasteiger charge is 1.98. The van der Waals surface area contributed by atoms with Gasteiger partial charge in [-0.15, -0.1) is 0 Å². The molecule has 69 heavy (non-hydrogen) atoms. The Balaban J connectivity index is -0.000000747. The highest BCUT2D eigenvalue weighted by Crippen LogP contribution is 2.25. The second kappa shape index (κ2) is 48.0. The first kappa shape index (κ1) is 66.8. The second-order valence-electron chi connectivity index (χ2n) is 12.9. The minimum Gasteiger partial charge on any atom is -0.0683 e. The van der Waals surface area contributed by atoms with E-state index in [9.17, 15) is 0 Å². The Morgan fingerprint density at radius 1 is 0.217 bits per heavy atom. The first-order valence-corrected chi connectivity index (χ1v) is 26.4. The molecule has 0 bridgehead atoms. The van der Waals surface area contributed by atoms with E-state index in [1.165, 1.54) is 65.0 Å². The minimum atomic E-state index is 1.14. The van der Waals surface area contributed by atoms with Gasteiger partial charge in [0.2, 0.25) is 0 Å². The van der Waals surface area contributed by atoms with Crippen LogP contribution < -0.4 is 0 Å². The van der Waals surface area contributed by atoms with E-state index in [1.807, 2.05) is 135 Å². The smallest absolute Gasteiger partial charge is 0.0105 e. The Labute approximate surface area is 424 Å².